The number of anilines is 1. The molecular formula is C11H14N6O. The van der Waals surface area contributed by atoms with E-state index in [1.165, 1.54) is 0 Å². The Bertz CT molecular complexity index is 557. The van der Waals surface area contributed by atoms with E-state index in [1.54, 1.807) is 26.1 Å². The van der Waals surface area contributed by atoms with Crippen LogP contribution in [0.25, 0.3) is 0 Å². The number of aryl methyl sites for hydroxylation is 2. The third kappa shape index (κ3) is 2.45. The first-order chi connectivity index (χ1) is 8.58. The molecule has 0 atom stereocenters. The number of nitrogens with two attached hydrogens (primary N) is 1. The zero-order chi connectivity index (χ0) is 13.1. The van der Waals surface area contributed by atoms with Gasteiger partial charge in [-0.05, 0) is 19.9 Å². The summed E-state index contributed by atoms with van der Waals surface area (Å²) in [4.78, 5) is 20.1. The molecule has 0 saturated heterocycles. The molecule has 0 spiro atoms. The summed E-state index contributed by atoms with van der Waals surface area (Å²) in [5.41, 5.74) is 7.37. The van der Waals surface area contributed by atoms with Gasteiger partial charge in [-0.2, -0.15) is 5.10 Å². The van der Waals surface area contributed by atoms with Gasteiger partial charge in [0.2, 0.25) is 0 Å². The van der Waals surface area contributed by atoms with Crippen LogP contribution >= 0.6 is 0 Å². The number of nitrogen functional groups attached to an aromatic ring is 1. The van der Waals surface area contributed by atoms with Crippen molar-refractivity contribution in [3.05, 3.63) is 35.0 Å². The van der Waals surface area contributed by atoms with Crippen molar-refractivity contribution in [1.82, 2.24) is 25.5 Å². The Balaban J connectivity index is 2.05. The first-order valence-electron chi connectivity index (χ1n) is 5.45. The van der Waals surface area contributed by atoms with Crippen LogP contribution in [0.1, 0.15) is 27.6 Å². The van der Waals surface area contributed by atoms with Crippen LogP contribution < -0.4 is 11.1 Å². The fourth-order valence-corrected chi connectivity index (χ4v) is 1.60. The lowest BCUT2D eigenvalue weighted by molar-refractivity contribution is 0.0950. The van der Waals surface area contributed by atoms with Gasteiger partial charge >= 0.3 is 0 Å². The molecule has 7 heteroatoms. The van der Waals surface area contributed by atoms with Crippen molar-refractivity contribution in [1.29, 1.82) is 0 Å². The standard InChI is InChI=1S/C11H14N6O/c1-6-9(10(12)17-16-6)11(18)14-5-8-3-4-13-7(2)15-8/h3-4H,5H2,1-2H3,(H,14,18)(H3,12,16,17). The van der Waals surface area contributed by atoms with Gasteiger partial charge in [-0.25, -0.2) is 9.97 Å². The number of H-pyrrole nitrogens is 1. The molecule has 0 saturated carbocycles. The Hall–Kier alpha value is -2.44. The molecule has 1 amide bonds. The highest BCUT2D eigenvalue weighted by Crippen LogP contribution is 2.11. The van der Waals surface area contributed by atoms with Crippen molar-refractivity contribution in [2.75, 3.05) is 5.73 Å². The van der Waals surface area contributed by atoms with Crippen molar-refractivity contribution in [2.45, 2.75) is 20.4 Å². The molecule has 0 unspecified atom stereocenters. The molecule has 0 aromatic carbocycles. The molecule has 18 heavy (non-hydrogen) atoms. The Morgan fingerprint density at radius 3 is 2.89 bits per heavy atom. The molecule has 2 aromatic rings. The molecule has 0 fully saturated rings. The van der Waals surface area contributed by atoms with Crippen molar-refractivity contribution in [3.63, 3.8) is 0 Å². The Morgan fingerprint density at radius 2 is 2.28 bits per heavy atom. The number of rotatable bonds is 3. The van der Waals surface area contributed by atoms with E-state index in [0.717, 1.165) is 5.69 Å². The maximum Gasteiger partial charge on any atom is 0.257 e. The van der Waals surface area contributed by atoms with E-state index in [9.17, 15) is 4.79 Å². The lowest BCUT2D eigenvalue weighted by Gasteiger charge is -2.05. The second-order valence-corrected chi connectivity index (χ2v) is 3.89. The van der Waals surface area contributed by atoms with Gasteiger partial charge in [0, 0.05) is 11.9 Å². The number of aromatic amines is 1. The summed E-state index contributed by atoms with van der Waals surface area (Å²) in [7, 11) is 0. The summed E-state index contributed by atoms with van der Waals surface area (Å²) in [6.07, 6.45) is 1.65. The molecule has 0 bridgehead atoms. The second kappa shape index (κ2) is 4.82. The molecule has 2 rings (SSSR count). The minimum Gasteiger partial charge on any atom is -0.382 e. The monoisotopic (exact) mass is 246 g/mol. The molecular weight excluding hydrogens is 232 g/mol. The van der Waals surface area contributed by atoms with E-state index in [1.807, 2.05) is 0 Å². The van der Waals surface area contributed by atoms with E-state index in [2.05, 4.69) is 25.5 Å². The summed E-state index contributed by atoms with van der Waals surface area (Å²) in [5.74, 6) is 0.597. The summed E-state index contributed by atoms with van der Waals surface area (Å²) in [6.45, 7) is 3.86. The largest absolute Gasteiger partial charge is 0.382 e. The molecule has 0 aliphatic carbocycles. The highest BCUT2D eigenvalue weighted by Gasteiger charge is 2.15. The van der Waals surface area contributed by atoms with Crippen molar-refractivity contribution in [3.8, 4) is 0 Å². The van der Waals surface area contributed by atoms with Gasteiger partial charge in [0.05, 0.1) is 12.2 Å². The van der Waals surface area contributed by atoms with Crippen LogP contribution in [0.2, 0.25) is 0 Å². The van der Waals surface area contributed by atoms with E-state index in [0.29, 0.717) is 23.6 Å². The van der Waals surface area contributed by atoms with Crippen LogP contribution in [-0.4, -0.2) is 26.1 Å². The van der Waals surface area contributed by atoms with Gasteiger partial charge in [-0.15, -0.1) is 0 Å². The van der Waals surface area contributed by atoms with Gasteiger partial charge in [0.1, 0.15) is 11.4 Å². The topological polar surface area (TPSA) is 110 Å². The summed E-state index contributed by atoms with van der Waals surface area (Å²) in [6, 6.07) is 1.75. The van der Waals surface area contributed by atoms with Crippen LogP contribution in [0.3, 0.4) is 0 Å². The highest BCUT2D eigenvalue weighted by atomic mass is 16.1. The summed E-state index contributed by atoms with van der Waals surface area (Å²) in [5, 5.41) is 9.18. The van der Waals surface area contributed by atoms with E-state index < -0.39 is 0 Å². The minimum absolute atomic E-state index is 0.198. The van der Waals surface area contributed by atoms with Crippen molar-refractivity contribution < 1.29 is 4.79 Å². The molecule has 0 aliphatic rings. The molecule has 7 nitrogen and oxygen atoms in total. The van der Waals surface area contributed by atoms with Gasteiger partial charge in [-0.3, -0.25) is 9.89 Å². The van der Waals surface area contributed by atoms with E-state index in [4.69, 9.17) is 5.73 Å². The lowest BCUT2D eigenvalue weighted by Crippen LogP contribution is -2.24. The van der Waals surface area contributed by atoms with Crippen molar-refractivity contribution >= 4 is 11.7 Å². The maximum absolute atomic E-state index is 11.9. The molecule has 2 aromatic heterocycles. The molecule has 2 heterocycles. The van der Waals surface area contributed by atoms with Crippen LogP contribution in [-0.2, 0) is 6.54 Å². The lowest BCUT2D eigenvalue weighted by atomic mass is 10.2. The number of hydrogen-bond acceptors (Lipinski definition) is 5. The number of nitrogens with one attached hydrogen (secondary N) is 2. The molecule has 94 valence electrons. The SMILES string of the molecule is Cc1nccc(CNC(=O)c2c(N)n[nH]c2C)n1. The van der Waals surface area contributed by atoms with Gasteiger partial charge < -0.3 is 11.1 Å². The van der Waals surface area contributed by atoms with Gasteiger partial charge in [0.15, 0.2) is 5.82 Å². The number of nitrogens with zero attached hydrogens (tertiary/aromatic N) is 3. The Labute approximate surface area is 104 Å². The maximum atomic E-state index is 11.9. The van der Waals surface area contributed by atoms with Crippen LogP contribution in [0.4, 0.5) is 5.82 Å². The minimum atomic E-state index is -0.269. The predicted octanol–water partition coefficient (Wildman–Crippen LogP) is 0.329. The normalized spacial score (nSPS) is 10.3. The zero-order valence-electron chi connectivity index (χ0n) is 10.2. The Kier molecular flexibility index (Phi) is 3.22. The fraction of sp³-hybridized carbons (Fsp3) is 0.273. The van der Waals surface area contributed by atoms with Gasteiger partial charge in [0.25, 0.3) is 5.91 Å². The number of hydrogen-bond donors (Lipinski definition) is 3. The van der Waals surface area contributed by atoms with Crippen molar-refractivity contribution in [2.24, 2.45) is 0 Å². The Morgan fingerprint density at radius 1 is 1.50 bits per heavy atom. The van der Waals surface area contributed by atoms with Crippen LogP contribution in [0, 0.1) is 13.8 Å². The number of carbonyl (C=O) groups is 1. The van der Waals surface area contributed by atoms with Gasteiger partial charge in [-0.1, -0.05) is 0 Å². The first kappa shape index (κ1) is 12.0. The number of amides is 1. The summed E-state index contributed by atoms with van der Waals surface area (Å²) < 4.78 is 0. The second-order valence-electron chi connectivity index (χ2n) is 3.89. The van der Waals surface area contributed by atoms with E-state index >= 15 is 0 Å². The first-order valence-corrected chi connectivity index (χ1v) is 5.45. The third-order valence-electron chi connectivity index (χ3n) is 2.47. The molecule has 0 aliphatic heterocycles. The summed E-state index contributed by atoms with van der Waals surface area (Å²) >= 11 is 0. The third-order valence-corrected chi connectivity index (χ3v) is 2.47. The average molecular weight is 246 g/mol. The smallest absolute Gasteiger partial charge is 0.257 e. The molecule has 4 N–H and O–H groups in total. The van der Waals surface area contributed by atoms with E-state index in [-0.39, 0.29) is 11.7 Å². The quantitative estimate of drug-likeness (QED) is 0.723. The average Bonchev–Trinajstić information content (AvgIpc) is 2.66. The zero-order valence-corrected chi connectivity index (χ0v) is 10.2. The predicted molar refractivity (Wildman–Crippen MR) is 65.7 cm³/mol. The number of aromatic nitrogens is 4. The highest BCUT2D eigenvalue weighted by molar-refractivity contribution is 5.99. The fourth-order valence-electron chi connectivity index (χ4n) is 1.60. The number of carbonyl (C=O) groups excluding carboxylic acids is 1. The van der Waals surface area contributed by atoms with Crippen LogP contribution in [0.15, 0.2) is 12.3 Å². The molecule has 0 radical (unpaired) electrons. The van der Waals surface area contributed by atoms with Crippen LogP contribution in [0.5, 0.6) is 0 Å².